The molecule has 0 bridgehead atoms. The van der Waals surface area contributed by atoms with Gasteiger partial charge in [-0.25, -0.2) is 8.42 Å². The Bertz CT molecular complexity index is 1040. The molecule has 0 unspecified atom stereocenters. The van der Waals surface area contributed by atoms with Crippen molar-refractivity contribution >= 4 is 15.9 Å². The molecule has 1 saturated heterocycles. The number of carbonyl (C=O) groups excluding carboxylic acids is 1. The van der Waals surface area contributed by atoms with Crippen molar-refractivity contribution in [2.75, 3.05) is 27.2 Å². The van der Waals surface area contributed by atoms with E-state index in [1.807, 2.05) is 30.3 Å². The summed E-state index contributed by atoms with van der Waals surface area (Å²) in [7, 11) is -0.271. The minimum absolute atomic E-state index is 0.0105. The van der Waals surface area contributed by atoms with Gasteiger partial charge in [-0.15, -0.1) is 0 Å². The lowest BCUT2D eigenvalue weighted by Gasteiger charge is -2.32. The van der Waals surface area contributed by atoms with E-state index in [2.05, 4.69) is 0 Å². The van der Waals surface area contributed by atoms with Gasteiger partial charge in [-0.2, -0.15) is 9.57 Å². The fourth-order valence-corrected chi connectivity index (χ4v) is 5.14. The standard InChI is InChI=1S/C22H25N3O4S/c1-24(16-19-5-3-4-6-21(19)29-2)22(26)18-11-13-25(14-12-18)30(27,28)20-9-7-17(15-23)8-10-20/h3-10,18H,11-14,16H2,1-2H3. The van der Waals surface area contributed by atoms with E-state index >= 15 is 0 Å². The third kappa shape index (κ3) is 4.64. The molecule has 2 aromatic carbocycles. The highest BCUT2D eigenvalue weighted by Crippen LogP contribution is 2.26. The first-order valence-corrected chi connectivity index (χ1v) is 11.2. The summed E-state index contributed by atoms with van der Waals surface area (Å²) in [4.78, 5) is 14.7. The number of methoxy groups -OCH3 is 1. The van der Waals surface area contributed by atoms with Gasteiger partial charge in [-0.1, -0.05) is 18.2 Å². The monoisotopic (exact) mass is 427 g/mol. The van der Waals surface area contributed by atoms with Gasteiger partial charge in [-0.05, 0) is 43.2 Å². The number of nitriles is 1. The maximum Gasteiger partial charge on any atom is 0.243 e. The lowest BCUT2D eigenvalue weighted by Crippen LogP contribution is -2.43. The summed E-state index contributed by atoms with van der Waals surface area (Å²) in [5, 5.41) is 8.88. The number of amides is 1. The molecule has 7 nitrogen and oxygen atoms in total. The molecule has 0 atom stereocenters. The molecule has 8 heteroatoms. The number of para-hydroxylation sites is 1. The van der Waals surface area contributed by atoms with Crippen LogP contribution in [0.2, 0.25) is 0 Å². The Hall–Kier alpha value is -2.89. The van der Waals surface area contributed by atoms with Crippen molar-refractivity contribution in [1.82, 2.24) is 9.21 Å². The lowest BCUT2D eigenvalue weighted by molar-refractivity contribution is -0.135. The molecule has 3 rings (SSSR count). The first kappa shape index (κ1) is 21.8. The molecule has 0 aromatic heterocycles. The summed E-state index contributed by atoms with van der Waals surface area (Å²) in [5.74, 6) is 0.536. The van der Waals surface area contributed by atoms with Crippen molar-refractivity contribution in [3.63, 3.8) is 0 Å². The van der Waals surface area contributed by atoms with E-state index in [0.29, 0.717) is 38.0 Å². The van der Waals surface area contributed by atoms with E-state index in [4.69, 9.17) is 10.00 Å². The molecule has 0 N–H and O–H groups in total. The van der Waals surface area contributed by atoms with Gasteiger partial charge in [0.05, 0.1) is 23.6 Å². The summed E-state index contributed by atoms with van der Waals surface area (Å²) < 4.78 is 32.5. The molecule has 1 heterocycles. The van der Waals surface area contributed by atoms with Crippen LogP contribution in [0.25, 0.3) is 0 Å². The van der Waals surface area contributed by atoms with Gasteiger partial charge in [0.15, 0.2) is 0 Å². The SMILES string of the molecule is COc1ccccc1CN(C)C(=O)C1CCN(S(=O)(=O)c2ccc(C#N)cc2)CC1. The van der Waals surface area contributed by atoms with Gasteiger partial charge >= 0.3 is 0 Å². The highest BCUT2D eigenvalue weighted by molar-refractivity contribution is 7.89. The molecular weight excluding hydrogens is 402 g/mol. The highest BCUT2D eigenvalue weighted by atomic mass is 32.2. The van der Waals surface area contributed by atoms with Crippen LogP contribution in [-0.4, -0.2) is 50.8 Å². The van der Waals surface area contributed by atoms with Crippen molar-refractivity contribution in [3.8, 4) is 11.8 Å². The molecule has 1 aliphatic heterocycles. The first-order chi connectivity index (χ1) is 14.4. The number of sulfonamides is 1. The first-order valence-electron chi connectivity index (χ1n) is 9.74. The number of benzene rings is 2. The van der Waals surface area contributed by atoms with Crippen LogP contribution in [0.15, 0.2) is 53.4 Å². The number of carbonyl (C=O) groups is 1. The summed E-state index contributed by atoms with van der Waals surface area (Å²) in [6.07, 6.45) is 0.954. The van der Waals surface area contributed by atoms with Crippen molar-refractivity contribution in [1.29, 1.82) is 5.26 Å². The molecule has 2 aromatic rings. The fourth-order valence-electron chi connectivity index (χ4n) is 3.67. The van der Waals surface area contributed by atoms with Gasteiger partial charge in [0.25, 0.3) is 0 Å². The normalized spacial score (nSPS) is 15.4. The van der Waals surface area contributed by atoms with Crippen LogP contribution in [0.1, 0.15) is 24.0 Å². The molecule has 0 radical (unpaired) electrons. The van der Waals surface area contributed by atoms with Gasteiger partial charge in [-0.3, -0.25) is 4.79 Å². The largest absolute Gasteiger partial charge is 0.496 e. The van der Waals surface area contributed by atoms with Crippen LogP contribution < -0.4 is 4.74 Å². The topological polar surface area (TPSA) is 90.7 Å². The van der Waals surface area contributed by atoms with E-state index in [1.54, 1.807) is 19.1 Å². The Morgan fingerprint density at radius 1 is 1.17 bits per heavy atom. The Morgan fingerprint density at radius 2 is 1.80 bits per heavy atom. The van der Waals surface area contributed by atoms with Crippen molar-refractivity contribution in [3.05, 3.63) is 59.7 Å². The maximum atomic E-state index is 12.9. The summed E-state index contributed by atoms with van der Waals surface area (Å²) >= 11 is 0. The third-order valence-corrected chi connectivity index (χ3v) is 7.31. The Labute approximate surface area is 177 Å². The number of hydrogen-bond acceptors (Lipinski definition) is 5. The van der Waals surface area contributed by atoms with Crippen molar-refractivity contribution < 1.29 is 17.9 Å². The highest BCUT2D eigenvalue weighted by Gasteiger charge is 2.33. The molecule has 0 saturated carbocycles. The van der Waals surface area contributed by atoms with Crippen LogP contribution in [0.5, 0.6) is 5.75 Å². The van der Waals surface area contributed by atoms with Crippen LogP contribution in [0.4, 0.5) is 0 Å². The van der Waals surface area contributed by atoms with E-state index in [0.717, 1.165) is 11.3 Å². The minimum atomic E-state index is -3.63. The van der Waals surface area contributed by atoms with E-state index in [1.165, 1.54) is 28.6 Å². The molecule has 158 valence electrons. The van der Waals surface area contributed by atoms with Gasteiger partial charge in [0.2, 0.25) is 15.9 Å². The summed E-state index contributed by atoms with van der Waals surface area (Å²) in [5.41, 5.74) is 1.34. The Kier molecular flexibility index (Phi) is 6.75. The molecule has 1 amide bonds. The number of ether oxygens (including phenoxy) is 1. The van der Waals surface area contributed by atoms with Gasteiger partial charge < -0.3 is 9.64 Å². The quantitative estimate of drug-likeness (QED) is 0.707. The molecule has 1 fully saturated rings. The third-order valence-electron chi connectivity index (χ3n) is 5.40. The molecular formula is C22H25N3O4S. The number of hydrogen-bond donors (Lipinski definition) is 0. The Morgan fingerprint density at radius 3 is 2.40 bits per heavy atom. The molecule has 1 aliphatic rings. The second-order valence-electron chi connectivity index (χ2n) is 7.32. The van der Waals surface area contributed by atoms with Crippen LogP contribution in [0.3, 0.4) is 0 Å². The number of piperidine rings is 1. The second kappa shape index (κ2) is 9.28. The minimum Gasteiger partial charge on any atom is -0.496 e. The predicted molar refractivity (Wildman–Crippen MR) is 112 cm³/mol. The zero-order chi connectivity index (χ0) is 21.7. The average Bonchev–Trinajstić information content (AvgIpc) is 2.79. The predicted octanol–water partition coefficient (Wildman–Crippen LogP) is 2.63. The molecule has 0 aliphatic carbocycles. The van der Waals surface area contributed by atoms with Crippen molar-refractivity contribution in [2.45, 2.75) is 24.3 Å². The van der Waals surface area contributed by atoms with E-state index < -0.39 is 10.0 Å². The zero-order valence-corrected chi connectivity index (χ0v) is 17.9. The smallest absolute Gasteiger partial charge is 0.243 e. The number of rotatable bonds is 6. The zero-order valence-electron chi connectivity index (χ0n) is 17.1. The van der Waals surface area contributed by atoms with E-state index in [-0.39, 0.29) is 16.7 Å². The molecule has 0 spiro atoms. The second-order valence-corrected chi connectivity index (χ2v) is 9.26. The number of nitrogens with zero attached hydrogens (tertiary/aromatic N) is 3. The van der Waals surface area contributed by atoms with Gasteiger partial charge in [0.1, 0.15) is 5.75 Å². The molecule has 30 heavy (non-hydrogen) atoms. The average molecular weight is 428 g/mol. The van der Waals surface area contributed by atoms with Crippen LogP contribution in [-0.2, 0) is 21.4 Å². The van der Waals surface area contributed by atoms with Crippen LogP contribution in [0, 0.1) is 17.2 Å². The fraction of sp³-hybridized carbons (Fsp3) is 0.364. The maximum absolute atomic E-state index is 12.9. The van der Waals surface area contributed by atoms with Crippen molar-refractivity contribution in [2.24, 2.45) is 5.92 Å². The van der Waals surface area contributed by atoms with Crippen LogP contribution >= 0.6 is 0 Å². The van der Waals surface area contributed by atoms with Gasteiger partial charge in [0, 0.05) is 38.2 Å². The summed E-state index contributed by atoms with van der Waals surface area (Å²) in [6.45, 7) is 1.02. The van der Waals surface area contributed by atoms with E-state index in [9.17, 15) is 13.2 Å². The lowest BCUT2D eigenvalue weighted by atomic mass is 9.96. The Balaban J connectivity index is 1.61. The summed E-state index contributed by atoms with van der Waals surface area (Å²) in [6, 6.07) is 15.4.